The molecule has 27 heavy (non-hydrogen) atoms. The van der Waals surface area contributed by atoms with Gasteiger partial charge in [-0.05, 0) is 61.1 Å². The number of nitrogens with zero attached hydrogens (tertiary/aromatic N) is 2. The summed E-state index contributed by atoms with van der Waals surface area (Å²) in [5, 5.41) is 4.13. The predicted octanol–water partition coefficient (Wildman–Crippen LogP) is 4.69. The Bertz CT molecular complexity index is 905. The summed E-state index contributed by atoms with van der Waals surface area (Å²) in [6.07, 6.45) is 2.14. The molecule has 1 atom stereocenters. The third-order valence-electron chi connectivity index (χ3n) is 4.83. The number of aromatic nitrogens is 1. The van der Waals surface area contributed by atoms with Gasteiger partial charge in [-0.25, -0.2) is 0 Å². The minimum Gasteiger partial charge on any atom is -0.494 e. The van der Waals surface area contributed by atoms with Crippen LogP contribution in [0.2, 0.25) is 0 Å². The number of benzene rings is 2. The van der Waals surface area contributed by atoms with Gasteiger partial charge in [-0.15, -0.1) is 0 Å². The Hall–Kier alpha value is -2.79. The first-order chi connectivity index (χ1) is 13.3. The number of rotatable bonds is 4. The van der Waals surface area contributed by atoms with Crippen LogP contribution in [0.5, 0.6) is 5.75 Å². The van der Waals surface area contributed by atoms with Crippen LogP contribution in [0, 0.1) is 0 Å². The van der Waals surface area contributed by atoms with Crippen LogP contribution in [-0.2, 0) is 6.54 Å². The summed E-state index contributed by atoms with van der Waals surface area (Å²) >= 11 is 5.79. The summed E-state index contributed by atoms with van der Waals surface area (Å²) < 4.78 is 7.83. The van der Waals surface area contributed by atoms with Gasteiger partial charge in [0.1, 0.15) is 5.75 Å². The second kappa shape index (κ2) is 7.84. The molecule has 0 fully saturated rings. The molecule has 1 aliphatic heterocycles. The molecule has 0 saturated carbocycles. The SMILES string of the molecule is CCOc1ccc(NC(=S)N2CCn3cccc3C2c2ccccc2)cc1. The van der Waals surface area contributed by atoms with Gasteiger partial charge in [0, 0.05) is 30.7 Å². The van der Waals surface area contributed by atoms with E-state index in [1.54, 1.807) is 0 Å². The molecule has 0 radical (unpaired) electrons. The van der Waals surface area contributed by atoms with Crippen molar-refractivity contribution in [2.24, 2.45) is 0 Å². The van der Waals surface area contributed by atoms with E-state index in [2.05, 4.69) is 57.4 Å². The number of anilines is 1. The molecule has 0 saturated heterocycles. The van der Waals surface area contributed by atoms with Crippen molar-refractivity contribution in [2.45, 2.75) is 19.5 Å². The molecule has 1 aromatic heterocycles. The Morgan fingerprint density at radius 3 is 2.56 bits per heavy atom. The summed E-state index contributed by atoms with van der Waals surface area (Å²) in [6.45, 7) is 4.44. The molecule has 1 aliphatic rings. The molecule has 5 heteroatoms. The number of hydrogen-bond acceptors (Lipinski definition) is 2. The lowest BCUT2D eigenvalue weighted by Gasteiger charge is -2.39. The summed E-state index contributed by atoms with van der Waals surface area (Å²) in [5.74, 6) is 0.868. The lowest BCUT2D eigenvalue weighted by molar-refractivity contribution is 0.293. The highest BCUT2D eigenvalue weighted by Gasteiger charge is 2.30. The molecule has 0 aliphatic carbocycles. The molecule has 4 rings (SSSR count). The van der Waals surface area contributed by atoms with Gasteiger partial charge in [-0.3, -0.25) is 0 Å². The number of thiocarbonyl (C=S) groups is 1. The van der Waals surface area contributed by atoms with Crippen LogP contribution in [0.1, 0.15) is 24.2 Å². The second-order valence-corrected chi connectivity index (χ2v) is 6.91. The molecular weight excluding hydrogens is 354 g/mol. The largest absolute Gasteiger partial charge is 0.494 e. The third-order valence-corrected chi connectivity index (χ3v) is 5.17. The molecule has 1 unspecified atom stereocenters. The van der Waals surface area contributed by atoms with E-state index in [1.165, 1.54) is 11.3 Å². The van der Waals surface area contributed by atoms with E-state index in [4.69, 9.17) is 17.0 Å². The zero-order valence-electron chi connectivity index (χ0n) is 15.3. The third kappa shape index (κ3) is 3.69. The van der Waals surface area contributed by atoms with E-state index in [0.29, 0.717) is 6.61 Å². The highest BCUT2D eigenvalue weighted by atomic mass is 32.1. The van der Waals surface area contributed by atoms with Crippen molar-refractivity contribution in [3.8, 4) is 5.75 Å². The summed E-state index contributed by atoms with van der Waals surface area (Å²) in [4.78, 5) is 2.27. The molecule has 0 bridgehead atoms. The molecule has 2 aromatic carbocycles. The Balaban J connectivity index is 1.58. The van der Waals surface area contributed by atoms with Crippen molar-refractivity contribution in [3.63, 3.8) is 0 Å². The Labute approximate surface area is 165 Å². The van der Waals surface area contributed by atoms with Gasteiger partial charge in [0.15, 0.2) is 5.11 Å². The zero-order chi connectivity index (χ0) is 18.6. The smallest absolute Gasteiger partial charge is 0.174 e. The average molecular weight is 378 g/mol. The summed E-state index contributed by atoms with van der Waals surface area (Å²) in [7, 11) is 0. The number of nitrogens with one attached hydrogen (secondary N) is 1. The Morgan fingerprint density at radius 1 is 1.04 bits per heavy atom. The van der Waals surface area contributed by atoms with Crippen molar-refractivity contribution in [3.05, 3.63) is 84.2 Å². The predicted molar refractivity (Wildman–Crippen MR) is 113 cm³/mol. The van der Waals surface area contributed by atoms with Crippen molar-refractivity contribution < 1.29 is 4.74 Å². The first-order valence-corrected chi connectivity index (χ1v) is 9.67. The van der Waals surface area contributed by atoms with Crippen LogP contribution in [0.15, 0.2) is 72.9 Å². The molecule has 4 nitrogen and oxygen atoms in total. The van der Waals surface area contributed by atoms with Crippen molar-refractivity contribution in [1.82, 2.24) is 9.47 Å². The molecule has 0 spiro atoms. The van der Waals surface area contributed by atoms with E-state index < -0.39 is 0 Å². The fraction of sp³-hybridized carbons (Fsp3) is 0.227. The minimum atomic E-state index is 0.109. The van der Waals surface area contributed by atoms with Gasteiger partial charge < -0.3 is 19.5 Å². The van der Waals surface area contributed by atoms with Crippen LogP contribution in [0.3, 0.4) is 0 Å². The first kappa shape index (κ1) is 17.6. The highest BCUT2D eigenvalue weighted by Crippen LogP contribution is 2.33. The van der Waals surface area contributed by atoms with Gasteiger partial charge in [0.25, 0.3) is 0 Å². The van der Waals surface area contributed by atoms with Gasteiger partial charge >= 0.3 is 0 Å². The zero-order valence-corrected chi connectivity index (χ0v) is 16.2. The first-order valence-electron chi connectivity index (χ1n) is 9.26. The molecule has 3 aromatic rings. The molecule has 2 heterocycles. The van der Waals surface area contributed by atoms with Crippen LogP contribution in [0.4, 0.5) is 5.69 Å². The summed E-state index contributed by atoms with van der Waals surface area (Å²) in [6, 6.07) is 22.9. The number of ether oxygens (including phenoxy) is 1. The Kier molecular flexibility index (Phi) is 5.12. The monoisotopic (exact) mass is 377 g/mol. The normalized spacial score (nSPS) is 15.9. The van der Waals surface area contributed by atoms with Gasteiger partial charge in [0.2, 0.25) is 0 Å². The molecule has 0 amide bonds. The van der Waals surface area contributed by atoms with Crippen LogP contribution < -0.4 is 10.1 Å². The van der Waals surface area contributed by atoms with Gasteiger partial charge in [-0.2, -0.15) is 0 Å². The maximum absolute atomic E-state index is 5.79. The van der Waals surface area contributed by atoms with Crippen LogP contribution in [0.25, 0.3) is 0 Å². The molecule has 1 N–H and O–H groups in total. The number of hydrogen-bond donors (Lipinski definition) is 1. The van der Waals surface area contributed by atoms with Crippen molar-refractivity contribution >= 4 is 23.0 Å². The minimum absolute atomic E-state index is 0.109. The summed E-state index contributed by atoms with van der Waals surface area (Å²) in [5.41, 5.74) is 3.48. The van der Waals surface area contributed by atoms with E-state index in [9.17, 15) is 0 Å². The number of fused-ring (bicyclic) bond motifs is 1. The van der Waals surface area contributed by atoms with E-state index in [0.717, 1.165) is 29.6 Å². The highest BCUT2D eigenvalue weighted by molar-refractivity contribution is 7.80. The Morgan fingerprint density at radius 2 is 1.81 bits per heavy atom. The fourth-order valence-electron chi connectivity index (χ4n) is 3.58. The van der Waals surface area contributed by atoms with Crippen molar-refractivity contribution in [2.75, 3.05) is 18.5 Å². The van der Waals surface area contributed by atoms with E-state index >= 15 is 0 Å². The fourth-order valence-corrected chi connectivity index (χ4v) is 3.90. The lowest BCUT2D eigenvalue weighted by Crippen LogP contribution is -2.44. The molecule has 138 valence electrons. The second-order valence-electron chi connectivity index (χ2n) is 6.52. The topological polar surface area (TPSA) is 29.4 Å². The maximum Gasteiger partial charge on any atom is 0.174 e. The average Bonchev–Trinajstić information content (AvgIpc) is 3.18. The van der Waals surface area contributed by atoms with Crippen molar-refractivity contribution in [1.29, 1.82) is 0 Å². The van der Waals surface area contributed by atoms with E-state index in [1.807, 2.05) is 37.3 Å². The van der Waals surface area contributed by atoms with E-state index in [-0.39, 0.29) is 6.04 Å². The van der Waals surface area contributed by atoms with Crippen LogP contribution in [-0.4, -0.2) is 27.7 Å². The van der Waals surface area contributed by atoms with Crippen LogP contribution >= 0.6 is 12.2 Å². The molecular formula is C22H23N3OS. The maximum atomic E-state index is 5.79. The quantitative estimate of drug-likeness (QED) is 0.668. The van der Waals surface area contributed by atoms with Gasteiger partial charge in [0.05, 0.1) is 12.6 Å². The standard InChI is InChI=1S/C22H23N3OS/c1-2-26-19-12-10-18(11-13-19)23-22(27)25-16-15-24-14-6-9-20(24)21(25)17-7-4-3-5-8-17/h3-14,21H,2,15-16H2,1H3,(H,23,27). The van der Waals surface area contributed by atoms with Gasteiger partial charge in [-0.1, -0.05) is 30.3 Å². The lowest BCUT2D eigenvalue weighted by atomic mass is 10.0.